The van der Waals surface area contributed by atoms with E-state index >= 15 is 0 Å². The third-order valence-electron chi connectivity index (χ3n) is 4.41. The summed E-state index contributed by atoms with van der Waals surface area (Å²) >= 11 is 0. The first kappa shape index (κ1) is 21.8. The molecule has 0 spiro atoms. The first-order valence-corrected chi connectivity index (χ1v) is 10.00. The van der Waals surface area contributed by atoms with Crippen LogP contribution < -0.4 is 5.73 Å². The summed E-state index contributed by atoms with van der Waals surface area (Å²) in [5.41, 5.74) is 5.26. The molecule has 0 unspecified atom stereocenters. The molecule has 2 N–H and O–H groups in total. The minimum absolute atomic E-state index is 0.171. The van der Waals surface area contributed by atoms with Crippen LogP contribution in [0.5, 0.6) is 0 Å². The van der Waals surface area contributed by atoms with Gasteiger partial charge < -0.3 is 15.4 Å². The fourth-order valence-corrected chi connectivity index (χ4v) is 3.88. The second kappa shape index (κ2) is 9.11. The van der Waals surface area contributed by atoms with Crippen LogP contribution in [-0.4, -0.2) is 68.7 Å². The third-order valence-corrected chi connectivity index (χ3v) is 6.22. The number of nitrogens with two attached hydrogens (primary N) is 1. The lowest BCUT2D eigenvalue weighted by atomic mass is 9.97. The summed E-state index contributed by atoms with van der Waals surface area (Å²) in [4.78, 5) is 36.5. The number of esters is 1. The molecule has 28 heavy (non-hydrogen) atoms. The molecule has 0 aliphatic carbocycles. The summed E-state index contributed by atoms with van der Waals surface area (Å²) in [5, 5.41) is 0. The molecule has 9 nitrogen and oxygen atoms in total. The number of hydrogen-bond acceptors (Lipinski definition) is 6. The predicted octanol–water partition coefficient (Wildman–Crippen LogP) is -0.287. The first-order chi connectivity index (χ1) is 13.1. The average molecular weight is 415 g/mol. The summed E-state index contributed by atoms with van der Waals surface area (Å²) < 4.78 is 43.2. The Balaban J connectivity index is 1.87. The van der Waals surface area contributed by atoms with Crippen molar-refractivity contribution in [1.82, 2.24) is 9.21 Å². The Kier molecular flexibility index (Phi) is 7.08. The van der Waals surface area contributed by atoms with E-state index < -0.39 is 52.7 Å². The molecule has 1 aliphatic heterocycles. The molecule has 1 aromatic carbocycles. The Morgan fingerprint density at radius 2 is 1.93 bits per heavy atom. The Hall–Kier alpha value is -2.53. The van der Waals surface area contributed by atoms with E-state index in [1.54, 1.807) is 0 Å². The second-order valence-electron chi connectivity index (χ2n) is 6.46. The van der Waals surface area contributed by atoms with E-state index in [2.05, 4.69) is 0 Å². The monoisotopic (exact) mass is 415 g/mol. The minimum Gasteiger partial charge on any atom is -0.455 e. The maximum atomic E-state index is 12.9. The Morgan fingerprint density at radius 1 is 1.29 bits per heavy atom. The van der Waals surface area contributed by atoms with Crippen LogP contribution in [0.25, 0.3) is 0 Å². The van der Waals surface area contributed by atoms with E-state index in [1.807, 2.05) is 0 Å². The van der Waals surface area contributed by atoms with Crippen LogP contribution >= 0.6 is 0 Å². The number of primary amides is 1. The van der Waals surface area contributed by atoms with Gasteiger partial charge in [-0.25, -0.2) is 12.8 Å². The zero-order chi connectivity index (χ0) is 20.9. The van der Waals surface area contributed by atoms with E-state index in [0.717, 1.165) is 28.6 Å². The molecule has 1 aromatic rings. The number of halogens is 1. The molecule has 154 valence electrons. The quantitative estimate of drug-likeness (QED) is 0.610. The smallest absolute Gasteiger partial charge is 0.321 e. The predicted molar refractivity (Wildman–Crippen MR) is 95.7 cm³/mol. The SMILES string of the molecule is CN(CC(=O)OCC(=O)N1CCC[C@@H](C(N)=O)C1)S(=O)(=O)c1ccc(F)cc1. The maximum Gasteiger partial charge on any atom is 0.321 e. The van der Waals surface area contributed by atoms with Crippen LogP contribution in [0, 0.1) is 11.7 Å². The third kappa shape index (κ3) is 5.49. The number of ether oxygens (including phenoxy) is 1. The zero-order valence-corrected chi connectivity index (χ0v) is 16.2. The van der Waals surface area contributed by atoms with Gasteiger partial charge in [-0.2, -0.15) is 4.31 Å². The number of carbonyl (C=O) groups is 3. The highest BCUT2D eigenvalue weighted by Gasteiger charge is 2.28. The van der Waals surface area contributed by atoms with Gasteiger partial charge in [-0.05, 0) is 37.1 Å². The summed E-state index contributed by atoms with van der Waals surface area (Å²) in [5.74, 6) is -2.90. The molecule has 1 saturated heterocycles. The fraction of sp³-hybridized carbons (Fsp3) is 0.471. The van der Waals surface area contributed by atoms with E-state index in [9.17, 15) is 27.2 Å². The lowest BCUT2D eigenvalue weighted by Crippen LogP contribution is -2.45. The van der Waals surface area contributed by atoms with Gasteiger partial charge in [-0.1, -0.05) is 0 Å². The van der Waals surface area contributed by atoms with Gasteiger partial charge in [-0.3, -0.25) is 14.4 Å². The lowest BCUT2D eigenvalue weighted by molar-refractivity contribution is -0.153. The van der Waals surface area contributed by atoms with Gasteiger partial charge in [0.25, 0.3) is 5.91 Å². The molecule has 0 bridgehead atoms. The normalized spacial score (nSPS) is 17.4. The van der Waals surface area contributed by atoms with Gasteiger partial charge in [0.05, 0.1) is 10.8 Å². The molecule has 1 aliphatic rings. The fourth-order valence-electron chi connectivity index (χ4n) is 2.77. The Labute approximate surface area is 162 Å². The largest absolute Gasteiger partial charge is 0.455 e. The topological polar surface area (TPSA) is 127 Å². The molecule has 1 atom stereocenters. The summed E-state index contributed by atoms with van der Waals surface area (Å²) in [6, 6.07) is 4.16. The highest BCUT2D eigenvalue weighted by molar-refractivity contribution is 7.89. The number of likely N-dealkylation sites (tertiary alicyclic amines) is 1. The van der Waals surface area contributed by atoms with E-state index in [0.29, 0.717) is 19.4 Å². The van der Waals surface area contributed by atoms with Crippen LogP contribution in [0.15, 0.2) is 29.2 Å². The number of rotatable bonds is 7. The highest BCUT2D eigenvalue weighted by atomic mass is 32.2. The van der Waals surface area contributed by atoms with Gasteiger partial charge >= 0.3 is 5.97 Å². The number of sulfonamides is 1. The zero-order valence-electron chi connectivity index (χ0n) is 15.3. The summed E-state index contributed by atoms with van der Waals surface area (Å²) in [6.07, 6.45) is 1.22. The standard InChI is InChI=1S/C17H22FN3O6S/c1-20(28(25,26)14-6-4-13(18)5-7-14)10-16(23)27-11-15(22)21-8-2-3-12(9-21)17(19)24/h4-7,12H,2-3,8-11H2,1H3,(H2,19,24)/t12-/m1/s1. The first-order valence-electron chi connectivity index (χ1n) is 8.56. The lowest BCUT2D eigenvalue weighted by Gasteiger charge is -2.31. The molecular formula is C17H22FN3O6S. The summed E-state index contributed by atoms with van der Waals surface area (Å²) in [7, 11) is -2.84. The number of hydrogen-bond donors (Lipinski definition) is 1. The minimum atomic E-state index is -4.01. The number of carbonyl (C=O) groups excluding carboxylic acids is 3. The molecule has 1 heterocycles. The van der Waals surface area contributed by atoms with Gasteiger partial charge in [-0.15, -0.1) is 0 Å². The molecule has 0 saturated carbocycles. The molecule has 2 rings (SSSR count). The van der Waals surface area contributed by atoms with Crippen molar-refractivity contribution in [2.45, 2.75) is 17.7 Å². The summed E-state index contributed by atoms with van der Waals surface area (Å²) in [6.45, 7) is -0.574. The number of amides is 2. The van der Waals surface area contributed by atoms with Crippen molar-refractivity contribution in [3.05, 3.63) is 30.1 Å². The van der Waals surface area contributed by atoms with Gasteiger partial charge in [0, 0.05) is 20.1 Å². The van der Waals surface area contributed by atoms with Crippen molar-refractivity contribution in [2.75, 3.05) is 33.3 Å². The van der Waals surface area contributed by atoms with Crippen molar-refractivity contribution in [3.8, 4) is 0 Å². The van der Waals surface area contributed by atoms with Crippen molar-refractivity contribution < 1.29 is 31.9 Å². The van der Waals surface area contributed by atoms with Crippen LogP contribution in [0.2, 0.25) is 0 Å². The van der Waals surface area contributed by atoms with E-state index in [-0.39, 0.29) is 11.4 Å². The molecule has 0 radical (unpaired) electrons. The maximum absolute atomic E-state index is 12.9. The number of benzene rings is 1. The van der Waals surface area contributed by atoms with Gasteiger partial charge in [0.1, 0.15) is 12.4 Å². The molecule has 11 heteroatoms. The van der Waals surface area contributed by atoms with Crippen molar-refractivity contribution in [3.63, 3.8) is 0 Å². The second-order valence-corrected chi connectivity index (χ2v) is 8.50. The van der Waals surface area contributed by atoms with Gasteiger partial charge in [0.15, 0.2) is 6.61 Å². The van der Waals surface area contributed by atoms with E-state index in [1.165, 1.54) is 11.9 Å². The van der Waals surface area contributed by atoms with Crippen LogP contribution in [-0.2, 0) is 29.1 Å². The Morgan fingerprint density at radius 3 is 2.54 bits per heavy atom. The molecule has 2 amide bonds. The molecule has 1 fully saturated rings. The number of nitrogens with zero attached hydrogens (tertiary/aromatic N) is 2. The number of piperidine rings is 1. The van der Waals surface area contributed by atoms with Crippen molar-refractivity contribution in [1.29, 1.82) is 0 Å². The molecular weight excluding hydrogens is 393 g/mol. The molecule has 0 aromatic heterocycles. The average Bonchev–Trinajstić information content (AvgIpc) is 2.66. The Bertz CT molecular complexity index is 843. The highest BCUT2D eigenvalue weighted by Crippen LogP contribution is 2.17. The van der Waals surface area contributed by atoms with Crippen molar-refractivity contribution in [2.24, 2.45) is 11.7 Å². The van der Waals surface area contributed by atoms with Crippen LogP contribution in [0.1, 0.15) is 12.8 Å². The number of likely N-dealkylation sites (N-methyl/N-ethyl adjacent to an activating group) is 1. The van der Waals surface area contributed by atoms with Gasteiger partial charge in [0.2, 0.25) is 15.9 Å². The van der Waals surface area contributed by atoms with Crippen LogP contribution in [0.4, 0.5) is 4.39 Å². The van der Waals surface area contributed by atoms with Crippen LogP contribution in [0.3, 0.4) is 0 Å². The van der Waals surface area contributed by atoms with E-state index in [4.69, 9.17) is 10.5 Å². The van der Waals surface area contributed by atoms with Crippen molar-refractivity contribution >= 4 is 27.8 Å².